The van der Waals surface area contributed by atoms with E-state index in [1.165, 1.54) is 0 Å². The van der Waals surface area contributed by atoms with Crippen LogP contribution in [0.3, 0.4) is 0 Å². The predicted molar refractivity (Wildman–Crippen MR) is 45.9 cm³/mol. The number of hydrogen-bond donors (Lipinski definition) is 5. The minimum atomic E-state index is -4.90. The van der Waals surface area contributed by atoms with Crippen molar-refractivity contribution in [3.05, 3.63) is 0 Å². The van der Waals surface area contributed by atoms with Crippen LogP contribution in [0, 0.1) is 0 Å². The summed E-state index contributed by atoms with van der Waals surface area (Å²) in [5.74, 6) is -1.73. The largest absolute Gasteiger partial charge is 0.479 e. The van der Waals surface area contributed by atoms with Crippen molar-refractivity contribution in [1.82, 2.24) is 0 Å². The monoisotopic (exact) mass is 258 g/mol. The van der Waals surface area contributed by atoms with Crippen molar-refractivity contribution in [2.45, 2.75) is 29.9 Å². The number of carboxylic acid groups (broad SMARTS) is 1. The number of carboxylic acids is 1. The van der Waals surface area contributed by atoms with Crippen LogP contribution in [-0.4, -0.2) is 69.2 Å². The molecule has 0 radical (unpaired) electrons. The van der Waals surface area contributed by atoms with Crippen molar-refractivity contribution in [1.29, 1.82) is 0 Å². The molecule has 0 aromatic heterocycles. The first-order valence-corrected chi connectivity index (χ1v) is 5.55. The zero-order valence-corrected chi connectivity index (χ0v) is 8.48. The third-order valence-electron chi connectivity index (χ3n) is 2.11. The Morgan fingerprint density at radius 3 is 1.94 bits per heavy atom. The van der Waals surface area contributed by atoms with Gasteiger partial charge in [-0.25, -0.2) is 4.79 Å². The van der Waals surface area contributed by atoms with E-state index in [-0.39, 0.29) is 0 Å². The fraction of sp³-hybridized carbons (Fsp3) is 0.833. The molecular weight excluding hydrogens is 248 g/mol. The second-order valence-electron chi connectivity index (χ2n) is 3.25. The van der Waals surface area contributed by atoms with Crippen LogP contribution in [-0.2, 0) is 19.6 Å². The second-order valence-corrected chi connectivity index (χ2v) is 4.74. The first-order chi connectivity index (χ1) is 7.16. The van der Waals surface area contributed by atoms with Crippen molar-refractivity contribution in [3.63, 3.8) is 0 Å². The lowest BCUT2D eigenvalue weighted by atomic mass is 10.0. The van der Waals surface area contributed by atoms with Crippen LogP contribution in [0.5, 0.6) is 0 Å². The number of carbonyl (C=O) groups is 1. The Bertz CT molecular complexity index is 375. The standard InChI is InChI=1S/C6H10O9S/c7-1-2(8)4(5(10)11)15-6(3(1)9)16(12,13)14/h1-4,6-9H,(H,10,11)(H,12,13,14)/t1-,2-,3+,4+,6?/m1/s1. The molecule has 5 N–H and O–H groups in total. The van der Waals surface area contributed by atoms with Gasteiger partial charge in [-0.05, 0) is 0 Å². The summed E-state index contributed by atoms with van der Waals surface area (Å²) < 4.78 is 34.3. The normalized spacial score (nSPS) is 40.6. The second kappa shape index (κ2) is 4.24. The zero-order valence-electron chi connectivity index (χ0n) is 7.66. The van der Waals surface area contributed by atoms with Crippen LogP contribution in [0.2, 0.25) is 0 Å². The fourth-order valence-corrected chi connectivity index (χ4v) is 2.07. The van der Waals surface area contributed by atoms with Crippen LogP contribution in [0.25, 0.3) is 0 Å². The molecule has 1 heterocycles. The van der Waals surface area contributed by atoms with E-state index in [0.29, 0.717) is 0 Å². The van der Waals surface area contributed by atoms with Gasteiger partial charge in [0.25, 0.3) is 10.1 Å². The minimum Gasteiger partial charge on any atom is -0.479 e. The Hall–Kier alpha value is -0.780. The summed E-state index contributed by atoms with van der Waals surface area (Å²) in [7, 11) is -4.90. The molecule has 0 spiro atoms. The topological polar surface area (TPSA) is 162 Å². The van der Waals surface area contributed by atoms with Crippen LogP contribution in [0.4, 0.5) is 0 Å². The van der Waals surface area contributed by atoms with Crippen molar-refractivity contribution in [2.75, 3.05) is 0 Å². The molecule has 1 fully saturated rings. The molecule has 0 aromatic carbocycles. The lowest BCUT2D eigenvalue weighted by molar-refractivity contribution is -0.211. The average Bonchev–Trinajstić information content (AvgIpc) is 2.11. The number of aliphatic hydroxyl groups is 3. The number of rotatable bonds is 2. The molecule has 10 heteroatoms. The van der Waals surface area contributed by atoms with Crippen molar-refractivity contribution >= 4 is 16.1 Å². The minimum absolute atomic E-state index is 1.73. The third-order valence-corrected chi connectivity index (χ3v) is 3.08. The van der Waals surface area contributed by atoms with Crippen LogP contribution in [0.1, 0.15) is 0 Å². The number of aliphatic hydroxyl groups excluding tert-OH is 3. The van der Waals surface area contributed by atoms with E-state index in [0.717, 1.165) is 0 Å². The molecule has 1 aliphatic heterocycles. The van der Waals surface area contributed by atoms with Gasteiger partial charge in [0.15, 0.2) is 6.10 Å². The maximum absolute atomic E-state index is 10.7. The van der Waals surface area contributed by atoms with Gasteiger partial charge >= 0.3 is 5.97 Å². The molecule has 9 nitrogen and oxygen atoms in total. The number of aliphatic carboxylic acids is 1. The summed E-state index contributed by atoms with van der Waals surface area (Å²) in [6.07, 6.45) is -8.24. The maximum atomic E-state index is 10.7. The zero-order chi connectivity index (χ0) is 12.7. The Balaban J connectivity index is 3.04. The Morgan fingerprint density at radius 2 is 1.56 bits per heavy atom. The maximum Gasteiger partial charge on any atom is 0.335 e. The number of ether oxygens (including phenoxy) is 1. The smallest absolute Gasteiger partial charge is 0.335 e. The van der Waals surface area contributed by atoms with E-state index in [4.69, 9.17) is 14.8 Å². The van der Waals surface area contributed by atoms with Crippen LogP contribution in [0.15, 0.2) is 0 Å². The molecular formula is C6H10O9S. The molecule has 1 aliphatic rings. The van der Waals surface area contributed by atoms with E-state index in [2.05, 4.69) is 4.74 Å². The molecule has 94 valence electrons. The molecule has 0 amide bonds. The summed E-state index contributed by atoms with van der Waals surface area (Å²) in [5.41, 5.74) is -2.31. The Labute approximate surface area is 89.6 Å². The summed E-state index contributed by atoms with van der Waals surface area (Å²) in [6.45, 7) is 0. The van der Waals surface area contributed by atoms with Gasteiger partial charge in [0.05, 0.1) is 0 Å². The third kappa shape index (κ3) is 2.31. The predicted octanol–water partition coefficient (Wildman–Crippen LogP) is -3.23. The van der Waals surface area contributed by atoms with Crippen molar-refractivity contribution in [3.8, 4) is 0 Å². The van der Waals surface area contributed by atoms with Crippen molar-refractivity contribution in [2.24, 2.45) is 0 Å². The van der Waals surface area contributed by atoms with E-state index < -0.39 is 45.9 Å². The van der Waals surface area contributed by atoms with E-state index in [1.54, 1.807) is 0 Å². The molecule has 0 aliphatic carbocycles. The van der Waals surface area contributed by atoms with Crippen LogP contribution >= 0.6 is 0 Å². The molecule has 5 atom stereocenters. The van der Waals surface area contributed by atoms with E-state index >= 15 is 0 Å². The molecule has 16 heavy (non-hydrogen) atoms. The van der Waals surface area contributed by atoms with E-state index in [9.17, 15) is 23.4 Å². The molecule has 0 saturated carbocycles. The highest BCUT2D eigenvalue weighted by atomic mass is 32.2. The van der Waals surface area contributed by atoms with Gasteiger partial charge in [-0.3, -0.25) is 4.55 Å². The average molecular weight is 258 g/mol. The summed E-state index contributed by atoms with van der Waals surface area (Å²) >= 11 is 0. The van der Waals surface area contributed by atoms with Gasteiger partial charge in [-0.1, -0.05) is 0 Å². The highest BCUT2D eigenvalue weighted by Gasteiger charge is 2.51. The number of hydrogen-bond acceptors (Lipinski definition) is 7. The molecule has 0 aromatic rings. The molecule has 1 unspecified atom stereocenters. The van der Waals surface area contributed by atoms with Gasteiger partial charge < -0.3 is 25.2 Å². The summed E-state index contributed by atoms with van der Waals surface area (Å²) in [4.78, 5) is 10.5. The van der Waals surface area contributed by atoms with Gasteiger partial charge in [0, 0.05) is 0 Å². The first kappa shape index (κ1) is 13.3. The van der Waals surface area contributed by atoms with E-state index in [1.807, 2.05) is 0 Å². The SMILES string of the molecule is O=C(O)[C@H]1OC(S(=O)(=O)O)[C@@H](O)[C@H](O)[C@H]1O. The lowest BCUT2D eigenvalue weighted by Gasteiger charge is -2.37. The molecule has 1 rings (SSSR count). The highest BCUT2D eigenvalue weighted by molar-refractivity contribution is 7.86. The lowest BCUT2D eigenvalue weighted by Crippen LogP contribution is -2.61. The molecule has 1 saturated heterocycles. The van der Waals surface area contributed by atoms with Gasteiger partial charge in [-0.15, -0.1) is 0 Å². The first-order valence-electron chi connectivity index (χ1n) is 4.05. The van der Waals surface area contributed by atoms with Gasteiger partial charge in [0.2, 0.25) is 5.44 Å². The Kier molecular flexibility index (Phi) is 3.52. The van der Waals surface area contributed by atoms with Crippen molar-refractivity contribution < 1.29 is 42.9 Å². The highest BCUT2D eigenvalue weighted by Crippen LogP contribution is 2.24. The van der Waals surface area contributed by atoms with Gasteiger partial charge in [-0.2, -0.15) is 8.42 Å². The molecule has 0 bridgehead atoms. The Morgan fingerprint density at radius 1 is 1.06 bits per heavy atom. The van der Waals surface area contributed by atoms with Gasteiger partial charge in [0.1, 0.15) is 18.3 Å². The quantitative estimate of drug-likeness (QED) is 0.320. The van der Waals surface area contributed by atoms with Crippen LogP contribution < -0.4 is 0 Å². The fourth-order valence-electron chi connectivity index (χ4n) is 1.30. The summed E-state index contributed by atoms with van der Waals surface area (Å²) in [5, 5.41) is 36.1. The summed E-state index contributed by atoms with van der Waals surface area (Å²) in [6, 6.07) is 0.